The van der Waals surface area contributed by atoms with Gasteiger partial charge in [0.2, 0.25) is 0 Å². The predicted octanol–water partition coefficient (Wildman–Crippen LogP) is 8.29. The Morgan fingerprint density at radius 2 is 1.88 bits per heavy atom. The normalized spacial score (nSPS) is 19.6. The number of rotatable bonds is 6. The first-order chi connectivity index (χ1) is 20.4. The lowest BCUT2D eigenvalue weighted by molar-refractivity contribution is -0.124. The number of aromatic nitrogens is 1. The third-order valence-corrected chi connectivity index (χ3v) is 10.7. The maximum atomic E-state index is 14.6. The van der Waals surface area contributed by atoms with Gasteiger partial charge in [-0.25, -0.2) is 14.2 Å². The number of carbonyl (C=O) groups excluding carboxylic acids is 2. The monoisotopic (exact) mass is 605 g/mol. The van der Waals surface area contributed by atoms with Crippen LogP contribution in [0, 0.1) is 19.7 Å². The molecular formula is C33H36FN3O3S2. The number of thioether (sulfide) groups is 1. The first kappa shape index (κ1) is 28.9. The Balaban J connectivity index is 1.40. The average Bonchev–Trinajstić information content (AvgIpc) is 3.60. The van der Waals surface area contributed by atoms with Gasteiger partial charge in [-0.1, -0.05) is 31.4 Å². The molecule has 3 heterocycles. The summed E-state index contributed by atoms with van der Waals surface area (Å²) in [5, 5.41) is 1.43. The van der Waals surface area contributed by atoms with Gasteiger partial charge in [-0.05, 0) is 106 Å². The number of nitrogens with zero attached hydrogens (tertiary/aromatic N) is 3. The number of carbonyl (C=O) groups is 2. The number of amidine groups is 1. The van der Waals surface area contributed by atoms with Crippen LogP contribution < -0.4 is 0 Å². The topological polar surface area (TPSA) is 63.9 Å². The first-order valence-corrected chi connectivity index (χ1v) is 16.6. The summed E-state index contributed by atoms with van der Waals surface area (Å²) in [6.45, 7) is 6.23. The quantitative estimate of drug-likeness (QED) is 0.210. The molecule has 42 heavy (non-hydrogen) atoms. The molecule has 0 spiro atoms. The second-order valence-electron chi connectivity index (χ2n) is 11.2. The number of fused-ring (bicyclic) bond motifs is 1. The highest BCUT2D eigenvalue weighted by Crippen LogP contribution is 2.42. The molecule has 1 aliphatic heterocycles. The maximum absolute atomic E-state index is 14.6. The average molecular weight is 606 g/mol. The van der Waals surface area contributed by atoms with Crippen molar-refractivity contribution in [1.82, 2.24) is 9.47 Å². The van der Waals surface area contributed by atoms with Gasteiger partial charge in [-0.2, -0.15) is 0 Å². The number of esters is 1. The minimum Gasteiger partial charge on any atom is -0.462 e. The molecule has 1 saturated heterocycles. The summed E-state index contributed by atoms with van der Waals surface area (Å²) >= 11 is 3.00. The Labute approximate surface area is 254 Å². The summed E-state index contributed by atoms with van der Waals surface area (Å²) in [6, 6.07) is 8.57. The molecule has 2 aromatic heterocycles. The van der Waals surface area contributed by atoms with Gasteiger partial charge in [0.25, 0.3) is 5.91 Å². The second kappa shape index (κ2) is 12.2. The largest absolute Gasteiger partial charge is 0.462 e. The fraction of sp³-hybridized carbons (Fsp3) is 0.424. The Morgan fingerprint density at radius 3 is 2.64 bits per heavy atom. The standard InChI is InChI=1S/C33H36FN3O3S2/c1-4-40-32(39)29-24-14-8-11-17-27(24)41-31(29)36-20(2)18-22(21(36)3)19-28-30(38)37(23-12-6-5-7-13-23)33(42-28)35-26-16-10-9-15-25(26)34/h9-10,15-16,18-19,23H,4-8,11-14,17H2,1-3H3/b28-19-,35-33?. The smallest absolute Gasteiger partial charge is 0.341 e. The fourth-order valence-electron chi connectivity index (χ4n) is 6.38. The molecule has 0 radical (unpaired) electrons. The molecule has 1 amide bonds. The molecule has 0 unspecified atom stereocenters. The molecule has 6 nitrogen and oxygen atoms in total. The number of aryl methyl sites for hydroxylation is 2. The lowest BCUT2D eigenvalue weighted by Gasteiger charge is -2.30. The molecular weight excluding hydrogens is 570 g/mol. The summed E-state index contributed by atoms with van der Waals surface area (Å²) in [4.78, 5) is 35.4. The van der Waals surface area contributed by atoms with Crippen molar-refractivity contribution in [3.8, 4) is 5.00 Å². The number of para-hydroxylation sites is 1. The Hall–Kier alpha value is -3.17. The maximum Gasteiger partial charge on any atom is 0.341 e. The van der Waals surface area contributed by atoms with Gasteiger partial charge in [-0.15, -0.1) is 11.3 Å². The highest BCUT2D eigenvalue weighted by Gasteiger charge is 2.39. The molecule has 1 saturated carbocycles. The lowest BCUT2D eigenvalue weighted by atomic mass is 9.94. The number of hydrogen-bond donors (Lipinski definition) is 0. The van der Waals surface area contributed by atoms with E-state index in [0.29, 0.717) is 22.2 Å². The molecule has 3 aliphatic rings. The van der Waals surface area contributed by atoms with Gasteiger partial charge in [-0.3, -0.25) is 9.69 Å². The Morgan fingerprint density at radius 1 is 1.12 bits per heavy atom. The van der Waals surface area contributed by atoms with Gasteiger partial charge in [0.1, 0.15) is 16.5 Å². The SMILES string of the molecule is CCOC(=O)c1c(-n2c(C)cc(/C=C3\SC(=Nc4ccccc4F)N(C4CCCCC4)C3=O)c2C)sc2c1CCCC2. The van der Waals surface area contributed by atoms with E-state index in [0.717, 1.165) is 78.9 Å². The number of amides is 1. The van der Waals surface area contributed by atoms with E-state index in [1.165, 1.54) is 29.1 Å². The van der Waals surface area contributed by atoms with Crippen LogP contribution in [0.5, 0.6) is 0 Å². The predicted molar refractivity (Wildman–Crippen MR) is 169 cm³/mol. The second-order valence-corrected chi connectivity index (χ2v) is 13.3. The van der Waals surface area contributed by atoms with E-state index in [4.69, 9.17) is 4.74 Å². The van der Waals surface area contributed by atoms with E-state index in [9.17, 15) is 14.0 Å². The van der Waals surface area contributed by atoms with Crippen LogP contribution in [-0.4, -0.2) is 39.2 Å². The molecule has 0 bridgehead atoms. The van der Waals surface area contributed by atoms with Crippen LogP contribution in [0.4, 0.5) is 10.1 Å². The third kappa shape index (κ3) is 5.37. The molecule has 9 heteroatoms. The van der Waals surface area contributed by atoms with Crippen molar-refractivity contribution in [2.45, 2.75) is 84.6 Å². The van der Waals surface area contributed by atoms with E-state index >= 15 is 0 Å². The zero-order valence-electron chi connectivity index (χ0n) is 24.4. The fourth-order valence-corrected chi connectivity index (χ4v) is 8.91. The van der Waals surface area contributed by atoms with Crippen LogP contribution in [0.3, 0.4) is 0 Å². The van der Waals surface area contributed by atoms with Crippen molar-refractivity contribution < 1.29 is 18.7 Å². The Kier molecular flexibility index (Phi) is 8.41. The van der Waals surface area contributed by atoms with Crippen LogP contribution in [0.1, 0.15) is 89.6 Å². The molecule has 0 N–H and O–H groups in total. The molecule has 1 aromatic carbocycles. The molecule has 3 aromatic rings. The van der Waals surface area contributed by atoms with Gasteiger partial charge in [0, 0.05) is 22.3 Å². The summed E-state index contributed by atoms with van der Waals surface area (Å²) in [7, 11) is 0. The van der Waals surface area contributed by atoms with E-state index in [1.54, 1.807) is 34.4 Å². The highest BCUT2D eigenvalue weighted by atomic mass is 32.2. The van der Waals surface area contributed by atoms with Crippen LogP contribution in [0.15, 0.2) is 40.2 Å². The van der Waals surface area contributed by atoms with Crippen LogP contribution in [0.25, 0.3) is 11.1 Å². The van der Waals surface area contributed by atoms with E-state index in [-0.39, 0.29) is 23.6 Å². The van der Waals surface area contributed by atoms with Gasteiger partial charge < -0.3 is 9.30 Å². The summed E-state index contributed by atoms with van der Waals surface area (Å²) in [5.41, 5.74) is 4.92. The van der Waals surface area contributed by atoms with Crippen LogP contribution in [0.2, 0.25) is 0 Å². The highest BCUT2D eigenvalue weighted by molar-refractivity contribution is 8.18. The van der Waals surface area contributed by atoms with E-state index in [2.05, 4.69) is 15.6 Å². The minimum atomic E-state index is -0.404. The van der Waals surface area contributed by atoms with Crippen molar-refractivity contribution in [1.29, 1.82) is 0 Å². The summed E-state index contributed by atoms with van der Waals surface area (Å²) in [6.07, 6.45) is 11.2. The zero-order chi connectivity index (χ0) is 29.4. The van der Waals surface area contributed by atoms with Gasteiger partial charge >= 0.3 is 5.97 Å². The van der Waals surface area contributed by atoms with Crippen molar-refractivity contribution in [2.24, 2.45) is 4.99 Å². The number of ether oxygens (including phenoxy) is 1. The molecule has 2 fully saturated rings. The number of aliphatic imine (C=N–C) groups is 1. The van der Waals surface area contributed by atoms with Crippen molar-refractivity contribution in [3.05, 3.63) is 74.0 Å². The molecule has 220 valence electrons. The minimum absolute atomic E-state index is 0.0622. The first-order valence-electron chi connectivity index (χ1n) is 14.9. The summed E-state index contributed by atoms with van der Waals surface area (Å²) in [5.74, 6) is -0.748. The number of halogens is 1. The van der Waals surface area contributed by atoms with Crippen molar-refractivity contribution in [2.75, 3.05) is 6.61 Å². The summed E-state index contributed by atoms with van der Waals surface area (Å²) < 4.78 is 22.2. The molecule has 2 aliphatic carbocycles. The van der Waals surface area contributed by atoms with Crippen molar-refractivity contribution >= 4 is 51.9 Å². The molecule has 0 atom stereocenters. The van der Waals surface area contributed by atoms with Crippen LogP contribution in [-0.2, 0) is 22.4 Å². The van der Waals surface area contributed by atoms with Crippen molar-refractivity contribution in [3.63, 3.8) is 0 Å². The van der Waals surface area contributed by atoms with Gasteiger partial charge in [0.15, 0.2) is 5.17 Å². The third-order valence-electron chi connectivity index (χ3n) is 8.44. The number of hydrogen-bond acceptors (Lipinski definition) is 6. The van der Waals surface area contributed by atoms with Gasteiger partial charge in [0.05, 0.1) is 17.1 Å². The van der Waals surface area contributed by atoms with E-state index in [1.807, 2.05) is 26.8 Å². The number of benzene rings is 1. The van der Waals surface area contributed by atoms with Crippen LogP contribution >= 0.6 is 23.1 Å². The zero-order valence-corrected chi connectivity index (χ0v) is 26.0. The number of thiophene rings is 1. The molecule has 6 rings (SSSR count). The lowest BCUT2D eigenvalue weighted by Crippen LogP contribution is -2.40. The van der Waals surface area contributed by atoms with E-state index < -0.39 is 5.82 Å². The Bertz CT molecular complexity index is 1600.